The fourth-order valence-electron chi connectivity index (χ4n) is 2.93. The Labute approximate surface area is 166 Å². The van der Waals surface area contributed by atoms with Gasteiger partial charge in [0.2, 0.25) is 0 Å². The van der Waals surface area contributed by atoms with Crippen LogP contribution in [0.4, 0.5) is 0 Å². The Hall–Kier alpha value is -3.13. The zero-order valence-electron chi connectivity index (χ0n) is 16.1. The van der Waals surface area contributed by atoms with Crippen molar-refractivity contribution in [3.05, 3.63) is 57.0 Å². The summed E-state index contributed by atoms with van der Waals surface area (Å²) < 4.78 is 11.4. The molecule has 0 aliphatic carbocycles. The second-order valence-corrected chi connectivity index (χ2v) is 7.03. The molecule has 0 saturated heterocycles. The smallest absolute Gasteiger partial charge is 0.268 e. The second-order valence-electron chi connectivity index (χ2n) is 6.11. The van der Waals surface area contributed by atoms with Gasteiger partial charge in [0, 0.05) is 18.2 Å². The van der Waals surface area contributed by atoms with Crippen molar-refractivity contribution in [2.75, 3.05) is 21.3 Å². The Morgan fingerprint density at radius 1 is 1.32 bits per heavy atom. The van der Waals surface area contributed by atoms with E-state index in [1.165, 1.54) is 23.3 Å². The quantitative estimate of drug-likeness (QED) is 0.687. The fraction of sp³-hybridized carbons (Fsp3) is 0.250. The number of carbonyl (C=O) groups is 1. The van der Waals surface area contributed by atoms with Gasteiger partial charge in [-0.2, -0.15) is 0 Å². The summed E-state index contributed by atoms with van der Waals surface area (Å²) in [4.78, 5) is 33.7. The number of amides is 1. The number of aromatic nitrogens is 2. The number of hydrogen-bond donors (Lipinski definition) is 1. The molecule has 1 aromatic carbocycles. The number of hydrogen-bond acceptors (Lipinski definition) is 6. The molecule has 2 heterocycles. The minimum Gasteiger partial charge on any atom is -0.493 e. The monoisotopic (exact) mass is 399 g/mol. The normalized spacial score (nSPS) is 11.1. The van der Waals surface area contributed by atoms with Gasteiger partial charge in [-0.25, -0.2) is 4.98 Å². The average molecular weight is 399 g/mol. The van der Waals surface area contributed by atoms with Crippen LogP contribution in [0.5, 0.6) is 11.5 Å². The molecule has 146 valence electrons. The van der Waals surface area contributed by atoms with Crippen LogP contribution in [0.2, 0.25) is 0 Å². The molecule has 0 radical (unpaired) electrons. The van der Waals surface area contributed by atoms with Crippen LogP contribution in [0.1, 0.15) is 28.7 Å². The first-order valence-electron chi connectivity index (χ1n) is 8.59. The van der Waals surface area contributed by atoms with Crippen molar-refractivity contribution in [3.63, 3.8) is 0 Å². The Balaban J connectivity index is 1.91. The standard InChI is InChI=1S/C20H21N3O4S/c1-5-6-12-9-13(10-15(26-3)17(12)27-4)20(25)23(2)11-16-21-14-7-8-28-18(14)19(24)22-16/h5-10H,11H2,1-4H3,(H,21,22,24). The lowest BCUT2D eigenvalue weighted by molar-refractivity contribution is 0.0781. The molecule has 3 rings (SSSR count). The number of thiophene rings is 1. The van der Waals surface area contributed by atoms with E-state index in [1.807, 2.05) is 24.5 Å². The van der Waals surface area contributed by atoms with Crippen LogP contribution in [0, 0.1) is 0 Å². The Kier molecular flexibility index (Phi) is 5.79. The maximum atomic E-state index is 13.0. The van der Waals surface area contributed by atoms with E-state index in [1.54, 1.807) is 32.4 Å². The molecule has 0 aliphatic rings. The third-order valence-electron chi connectivity index (χ3n) is 4.20. The van der Waals surface area contributed by atoms with Gasteiger partial charge in [-0.3, -0.25) is 9.59 Å². The first-order valence-corrected chi connectivity index (χ1v) is 9.47. The van der Waals surface area contributed by atoms with Crippen molar-refractivity contribution in [3.8, 4) is 11.5 Å². The molecule has 3 aromatic rings. The van der Waals surface area contributed by atoms with Gasteiger partial charge in [-0.05, 0) is 30.5 Å². The summed E-state index contributed by atoms with van der Waals surface area (Å²) in [5, 5.41) is 1.82. The SMILES string of the molecule is CC=Cc1cc(C(=O)N(C)Cc2nc3ccsc3c(=O)[nH]2)cc(OC)c1OC. The highest BCUT2D eigenvalue weighted by atomic mass is 32.1. The highest BCUT2D eigenvalue weighted by Crippen LogP contribution is 2.34. The fourth-order valence-corrected chi connectivity index (χ4v) is 3.66. The van der Waals surface area contributed by atoms with Crippen molar-refractivity contribution >= 4 is 33.5 Å². The molecule has 1 amide bonds. The molecule has 0 unspecified atom stereocenters. The van der Waals surface area contributed by atoms with Crippen molar-refractivity contribution < 1.29 is 14.3 Å². The number of H-pyrrole nitrogens is 1. The number of ether oxygens (including phenoxy) is 2. The molecule has 0 atom stereocenters. The van der Waals surface area contributed by atoms with E-state index < -0.39 is 0 Å². The number of nitrogens with one attached hydrogen (secondary N) is 1. The van der Waals surface area contributed by atoms with E-state index in [0.29, 0.717) is 33.1 Å². The molecule has 0 aliphatic heterocycles. The number of carbonyl (C=O) groups excluding carboxylic acids is 1. The Morgan fingerprint density at radius 3 is 2.79 bits per heavy atom. The van der Waals surface area contributed by atoms with E-state index in [4.69, 9.17) is 9.47 Å². The lowest BCUT2D eigenvalue weighted by Gasteiger charge is -2.19. The van der Waals surface area contributed by atoms with E-state index in [-0.39, 0.29) is 18.0 Å². The number of rotatable bonds is 6. The third-order valence-corrected chi connectivity index (χ3v) is 5.10. The van der Waals surface area contributed by atoms with Crippen LogP contribution in [-0.4, -0.2) is 42.0 Å². The molecule has 7 nitrogen and oxygen atoms in total. The first-order chi connectivity index (χ1) is 13.5. The van der Waals surface area contributed by atoms with Gasteiger partial charge in [-0.1, -0.05) is 12.2 Å². The number of aromatic amines is 1. The minimum absolute atomic E-state index is 0.174. The third kappa shape index (κ3) is 3.77. The maximum Gasteiger partial charge on any atom is 0.268 e. The number of fused-ring (bicyclic) bond motifs is 1. The molecular weight excluding hydrogens is 378 g/mol. The summed E-state index contributed by atoms with van der Waals surface area (Å²) in [7, 11) is 4.74. The summed E-state index contributed by atoms with van der Waals surface area (Å²) in [5.74, 6) is 1.25. The van der Waals surface area contributed by atoms with E-state index in [9.17, 15) is 9.59 Å². The van der Waals surface area contributed by atoms with Crippen molar-refractivity contribution in [1.29, 1.82) is 0 Å². The van der Waals surface area contributed by atoms with Gasteiger partial charge in [0.05, 0.1) is 26.3 Å². The van der Waals surface area contributed by atoms with Gasteiger partial charge in [0.15, 0.2) is 11.5 Å². The van der Waals surface area contributed by atoms with Crippen molar-refractivity contribution in [2.45, 2.75) is 13.5 Å². The van der Waals surface area contributed by atoms with Crippen LogP contribution in [-0.2, 0) is 6.54 Å². The maximum absolute atomic E-state index is 13.0. The lowest BCUT2D eigenvalue weighted by Crippen LogP contribution is -2.28. The molecular formula is C20H21N3O4S. The largest absolute Gasteiger partial charge is 0.493 e. The van der Waals surface area contributed by atoms with E-state index in [2.05, 4.69) is 9.97 Å². The lowest BCUT2D eigenvalue weighted by atomic mass is 10.1. The number of allylic oxidation sites excluding steroid dienone is 1. The molecule has 2 aromatic heterocycles. The molecule has 0 saturated carbocycles. The Morgan fingerprint density at radius 2 is 2.11 bits per heavy atom. The summed E-state index contributed by atoms with van der Waals surface area (Å²) in [5.41, 5.74) is 1.63. The number of benzene rings is 1. The zero-order valence-corrected chi connectivity index (χ0v) is 16.9. The van der Waals surface area contributed by atoms with Gasteiger partial charge in [-0.15, -0.1) is 11.3 Å². The topological polar surface area (TPSA) is 84.5 Å². The number of nitrogens with zero attached hydrogens (tertiary/aromatic N) is 2. The van der Waals surface area contributed by atoms with Crippen molar-refractivity contribution in [2.24, 2.45) is 0 Å². The summed E-state index contributed by atoms with van der Waals surface area (Å²) >= 11 is 1.34. The molecule has 0 bridgehead atoms. The zero-order chi connectivity index (χ0) is 20.3. The molecule has 8 heteroatoms. The molecule has 28 heavy (non-hydrogen) atoms. The second kappa shape index (κ2) is 8.26. The van der Waals surface area contributed by atoms with Gasteiger partial charge >= 0.3 is 0 Å². The van der Waals surface area contributed by atoms with Gasteiger partial charge in [0.25, 0.3) is 11.5 Å². The predicted molar refractivity (Wildman–Crippen MR) is 110 cm³/mol. The molecule has 0 fully saturated rings. The van der Waals surface area contributed by atoms with E-state index >= 15 is 0 Å². The minimum atomic E-state index is -0.222. The van der Waals surface area contributed by atoms with E-state index in [0.717, 1.165) is 5.56 Å². The van der Waals surface area contributed by atoms with Gasteiger partial charge < -0.3 is 19.4 Å². The van der Waals surface area contributed by atoms with Crippen LogP contribution in [0.15, 0.2) is 34.4 Å². The summed E-state index contributed by atoms with van der Waals surface area (Å²) in [6.45, 7) is 2.06. The highest BCUT2D eigenvalue weighted by molar-refractivity contribution is 7.17. The first kappa shape index (κ1) is 19.6. The van der Waals surface area contributed by atoms with Crippen LogP contribution >= 0.6 is 11.3 Å². The molecule has 1 N–H and O–H groups in total. The van der Waals surface area contributed by atoms with Crippen molar-refractivity contribution in [1.82, 2.24) is 14.9 Å². The van der Waals surface area contributed by atoms with Gasteiger partial charge in [0.1, 0.15) is 10.5 Å². The highest BCUT2D eigenvalue weighted by Gasteiger charge is 2.19. The Bertz CT molecular complexity index is 1100. The predicted octanol–water partition coefficient (Wildman–Crippen LogP) is 3.31. The van der Waals surface area contributed by atoms with Crippen LogP contribution < -0.4 is 15.0 Å². The van der Waals surface area contributed by atoms with Crippen LogP contribution in [0.3, 0.4) is 0 Å². The average Bonchev–Trinajstić information content (AvgIpc) is 3.16. The summed E-state index contributed by atoms with van der Waals surface area (Å²) in [6, 6.07) is 5.18. The number of methoxy groups -OCH3 is 2. The summed E-state index contributed by atoms with van der Waals surface area (Å²) in [6.07, 6.45) is 3.71. The van der Waals surface area contributed by atoms with Crippen LogP contribution in [0.25, 0.3) is 16.3 Å². The molecule has 0 spiro atoms.